The molecule has 0 aliphatic carbocycles. The van der Waals surface area contributed by atoms with Crippen molar-refractivity contribution in [1.82, 2.24) is 5.32 Å². The molecule has 0 spiro atoms. The van der Waals surface area contributed by atoms with Gasteiger partial charge in [-0.05, 0) is 47.4 Å². The first-order chi connectivity index (χ1) is 8.74. The Morgan fingerprint density at radius 1 is 1.28 bits per heavy atom. The maximum atomic E-state index is 3.74. The molecule has 4 heteroatoms. The van der Waals surface area contributed by atoms with Crippen LogP contribution in [0.15, 0.2) is 27.1 Å². The molecule has 96 valence electrons. The van der Waals surface area contributed by atoms with Crippen molar-refractivity contribution in [3.8, 4) is 0 Å². The summed E-state index contributed by atoms with van der Waals surface area (Å²) in [6.07, 6.45) is 1.23. The third kappa shape index (κ3) is 2.52. The highest BCUT2D eigenvalue weighted by Gasteiger charge is 2.25. The van der Waals surface area contributed by atoms with Crippen molar-refractivity contribution < 1.29 is 0 Å². The Kier molecular flexibility index (Phi) is 3.80. The van der Waals surface area contributed by atoms with E-state index < -0.39 is 0 Å². The second kappa shape index (κ2) is 5.37. The lowest BCUT2D eigenvalue weighted by atomic mass is 10.0. The van der Waals surface area contributed by atoms with E-state index in [1.165, 1.54) is 26.6 Å². The van der Waals surface area contributed by atoms with Gasteiger partial charge in [-0.3, -0.25) is 0 Å². The molecule has 2 aromatic rings. The van der Waals surface area contributed by atoms with Gasteiger partial charge in [-0.15, -0.1) is 34.4 Å². The first-order valence-corrected chi connectivity index (χ1v) is 8.88. The van der Waals surface area contributed by atoms with Crippen molar-refractivity contribution in [3.63, 3.8) is 0 Å². The highest BCUT2D eigenvalue weighted by molar-refractivity contribution is 8.01. The van der Waals surface area contributed by atoms with Gasteiger partial charge in [0.1, 0.15) is 0 Å². The van der Waals surface area contributed by atoms with E-state index in [9.17, 15) is 0 Å². The van der Waals surface area contributed by atoms with Crippen LogP contribution in [0.2, 0.25) is 0 Å². The fraction of sp³-hybridized carbons (Fsp3) is 0.429. The summed E-state index contributed by atoms with van der Waals surface area (Å²) in [7, 11) is 0. The first kappa shape index (κ1) is 12.7. The van der Waals surface area contributed by atoms with Crippen molar-refractivity contribution in [2.75, 3.05) is 0 Å². The molecule has 0 aromatic carbocycles. The van der Waals surface area contributed by atoms with Crippen LogP contribution in [0.4, 0.5) is 0 Å². The molecule has 1 aliphatic heterocycles. The number of rotatable bonds is 3. The van der Waals surface area contributed by atoms with E-state index in [1.807, 2.05) is 34.4 Å². The zero-order valence-electron chi connectivity index (χ0n) is 10.6. The number of fused-ring (bicyclic) bond motifs is 1. The molecule has 1 unspecified atom stereocenters. The van der Waals surface area contributed by atoms with Crippen LogP contribution in [0.5, 0.6) is 0 Å². The molecule has 2 aromatic heterocycles. The van der Waals surface area contributed by atoms with Crippen molar-refractivity contribution in [2.45, 2.75) is 42.3 Å². The smallest absolute Gasteiger partial charge is 0.0649 e. The minimum atomic E-state index is 0.531. The fourth-order valence-electron chi connectivity index (χ4n) is 2.34. The summed E-state index contributed by atoms with van der Waals surface area (Å²) in [5.74, 6) is 0. The van der Waals surface area contributed by atoms with Gasteiger partial charge in [-0.2, -0.15) is 0 Å². The van der Waals surface area contributed by atoms with Gasteiger partial charge in [0, 0.05) is 22.7 Å². The molecular weight excluding hydrogens is 278 g/mol. The van der Waals surface area contributed by atoms with Gasteiger partial charge in [0.25, 0.3) is 0 Å². The molecular formula is C14H17NS3. The van der Waals surface area contributed by atoms with Crippen LogP contribution in [0.1, 0.15) is 35.4 Å². The monoisotopic (exact) mass is 295 g/mol. The van der Waals surface area contributed by atoms with Crippen LogP contribution >= 0.6 is 34.4 Å². The van der Waals surface area contributed by atoms with Crippen molar-refractivity contribution in [3.05, 3.63) is 38.9 Å². The molecule has 0 amide bonds. The summed E-state index contributed by atoms with van der Waals surface area (Å²) < 4.78 is 1.51. The summed E-state index contributed by atoms with van der Waals surface area (Å²) >= 11 is 5.77. The Balaban J connectivity index is 1.72. The molecule has 3 rings (SSSR count). The Hall–Kier alpha value is -0.290. The average Bonchev–Trinajstić information content (AvgIpc) is 2.94. The molecule has 0 saturated carbocycles. The van der Waals surface area contributed by atoms with Gasteiger partial charge in [0.15, 0.2) is 0 Å². The van der Waals surface area contributed by atoms with Crippen molar-refractivity contribution in [1.29, 1.82) is 0 Å². The molecule has 0 fully saturated rings. The minimum Gasteiger partial charge on any atom is -0.305 e. The fourth-order valence-corrected chi connectivity index (χ4v) is 5.77. The molecule has 1 aliphatic rings. The van der Waals surface area contributed by atoms with Crippen LogP contribution in [0.25, 0.3) is 0 Å². The lowest BCUT2D eigenvalue weighted by Gasteiger charge is -2.27. The highest BCUT2D eigenvalue weighted by Crippen LogP contribution is 2.43. The maximum absolute atomic E-state index is 3.74. The van der Waals surface area contributed by atoms with E-state index in [0.717, 1.165) is 11.8 Å². The van der Waals surface area contributed by atoms with Gasteiger partial charge in [0.2, 0.25) is 0 Å². The summed E-state index contributed by atoms with van der Waals surface area (Å²) in [6.45, 7) is 5.53. The highest BCUT2D eigenvalue weighted by atomic mass is 32.2. The minimum absolute atomic E-state index is 0.531. The second-order valence-corrected chi connectivity index (χ2v) is 8.41. The number of nitrogens with one attached hydrogen (secondary N) is 1. The predicted molar refractivity (Wildman–Crippen MR) is 82.9 cm³/mol. The van der Waals surface area contributed by atoms with Crippen LogP contribution in [0, 0.1) is 6.92 Å². The van der Waals surface area contributed by atoms with Crippen molar-refractivity contribution >= 4 is 34.4 Å². The van der Waals surface area contributed by atoms with Gasteiger partial charge in [-0.1, -0.05) is 6.92 Å². The van der Waals surface area contributed by atoms with Gasteiger partial charge in [-0.25, -0.2) is 0 Å². The SMILES string of the molecule is Cc1ccsc1CNC1C[C@H](C)Sc2sccc21. The lowest BCUT2D eigenvalue weighted by molar-refractivity contribution is 0.490. The van der Waals surface area contributed by atoms with Crippen LogP contribution in [-0.4, -0.2) is 5.25 Å². The Labute approximate surface area is 121 Å². The molecule has 0 saturated heterocycles. The maximum Gasteiger partial charge on any atom is 0.0649 e. The van der Waals surface area contributed by atoms with E-state index in [2.05, 4.69) is 42.1 Å². The van der Waals surface area contributed by atoms with E-state index in [0.29, 0.717) is 6.04 Å². The molecule has 0 radical (unpaired) electrons. The standard InChI is InChI=1S/C14H17NS3/c1-9-3-5-16-13(9)8-15-12-7-10(2)18-14-11(12)4-6-17-14/h3-6,10,12,15H,7-8H2,1-2H3/t10-,12?/m0/s1. The van der Waals surface area contributed by atoms with Crippen LogP contribution in [0.3, 0.4) is 0 Å². The van der Waals surface area contributed by atoms with Crippen LogP contribution < -0.4 is 5.32 Å². The molecule has 2 atom stereocenters. The van der Waals surface area contributed by atoms with Gasteiger partial charge >= 0.3 is 0 Å². The summed E-state index contributed by atoms with van der Waals surface area (Å²) in [4.78, 5) is 1.47. The molecule has 1 N–H and O–H groups in total. The van der Waals surface area contributed by atoms with Crippen LogP contribution in [-0.2, 0) is 6.54 Å². The topological polar surface area (TPSA) is 12.0 Å². The van der Waals surface area contributed by atoms with E-state index >= 15 is 0 Å². The largest absolute Gasteiger partial charge is 0.305 e. The van der Waals surface area contributed by atoms with Gasteiger partial charge < -0.3 is 5.32 Å². The average molecular weight is 295 g/mol. The molecule has 3 heterocycles. The predicted octanol–water partition coefficient (Wildman–Crippen LogP) is 4.83. The quantitative estimate of drug-likeness (QED) is 0.870. The van der Waals surface area contributed by atoms with Crippen molar-refractivity contribution in [2.24, 2.45) is 0 Å². The summed E-state index contributed by atoms with van der Waals surface area (Å²) in [6, 6.07) is 5.03. The van der Waals surface area contributed by atoms with E-state index in [4.69, 9.17) is 0 Å². The number of hydrogen-bond acceptors (Lipinski definition) is 4. The number of hydrogen-bond donors (Lipinski definition) is 1. The van der Waals surface area contributed by atoms with E-state index in [1.54, 1.807) is 0 Å². The number of thioether (sulfide) groups is 1. The molecule has 0 bridgehead atoms. The van der Waals surface area contributed by atoms with Gasteiger partial charge in [0.05, 0.1) is 4.21 Å². The summed E-state index contributed by atoms with van der Waals surface area (Å²) in [5.41, 5.74) is 2.92. The number of thiophene rings is 2. The zero-order valence-corrected chi connectivity index (χ0v) is 13.1. The lowest BCUT2D eigenvalue weighted by Crippen LogP contribution is -2.25. The first-order valence-electron chi connectivity index (χ1n) is 6.24. The van der Waals surface area contributed by atoms with E-state index in [-0.39, 0.29) is 0 Å². The molecule has 1 nitrogen and oxygen atoms in total. The Morgan fingerprint density at radius 2 is 2.11 bits per heavy atom. The second-order valence-electron chi connectivity index (χ2n) is 4.79. The number of aryl methyl sites for hydroxylation is 1. The molecule has 18 heavy (non-hydrogen) atoms. The Morgan fingerprint density at radius 3 is 2.89 bits per heavy atom. The Bertz CT molecular complexity index is 529. The summed E-state index contributed by atoms with van der Waals surface area (Å²) in [5, 5.41) is 8.87. The normalized spacial score (nSPS) is 23.0. The zero-order chi connectivity index (χ0) is 12.5. The third-order valence-corrected chi connectivity index (χ3v) is 6.75. The third-order valence-electron chi connectivity index (χ3n) is 3.39.